The lowest BCUT2D eigenvalue weighted by molar-refractivity contribution is 0.585. The Bertz CT molecular complexity index is 418. The van der Waals surface area contributed by atoms with E-state index < -0.39 is 0 Å². The first-order chi connectivity index (χ1) is 11.7. The highest BCUT2D eigenvalue weighted by Crippen LogP contribution is 2.07. The van der Waals surface area contributed by atoms with E-state index >= 15 is 0 Å². The van der Waals surface area contributed by atoms with Crippen LogP contribution in [-0.2, 0) is 0 Å². The minimum atomic E-state index is 0.731. The molecule has 0 N–H and O–H groups in total. The summed E-state index contributed by atoms with van der Waals surface area (Å²) in [4.78, 5) is 7.52. The monoisotopic (exact) mass is 368 g/mol. The summed E-state index contributed by atoms with van der Waals surface area (Å²) < 4.78 is 0. The fraction of sp³-hybridized carbons (Fsp3) is 0.500. The van der Waals surface area contributed by atoms with Crippen molar-refractivity contribution in [1.29, 1.82) is 0 Å². The van der Waals surface area contributed by atoms with E-state index in [1.54, 1.807) is 49.1 Å². The van der Waals surface area contributed by atoms with Crippen LogP contribution < -0.4 is 0 Å². The van der Waals surface area contributed by atoms with Crippen molar-refractivity contribution in [1.82, 2.24) is 9.97 Å². The van der Waals surface area contributed by atoms with Crippen molar-refractivity contribution in [3.63, 3.8) is 0 Å². The van der Waals surface area contributed by atoms with Gasteiger partial charge in [-0.15, -0.1) is 0 Å². The third kappa shape index (κ3) is 17.2. The molecule has 0 radical (unpaired) electrons. The molecule has 0 aliphatic carbocycles. The van der Waals surface area contributed by atoms with Crippen LogP contribution in [0.4, 0.5) is 0 Å². The standard InChI is InChI=1S/C10H22.2C5H4ClN/c1-3-5-7-9-10-8-6-4-2;2*6-5-1-3-7-4-2-5/h3-10H2,1-2H3;2*1-4H. The van der Waals surface area contributed by atoms with Gasteiger partial charge >= 0.3 is 0 Å². The van der Waals surface area contributed by atoms with Gasteiger partial charge in [0.05, 0.1) is 0 Å². The Morgan fingerprint density at radius 1 is 0.583 bits per heavy atom. The van der Waals surface area contributed by atoms with Crippen molar-refractivity contribution in [2.45, 2.75) is 65.2 Å². The SMILES string of the molecule is CCCCCCCCCC.Clc1ccncc1.Clc1ccncc1. The van der Waals surface area contributed by atoms with Gasteiger partial charge in [-0.05, 0) is 24.3 Å². The predicted octanol–water partition coefficient (Wildman–Crippen LogP) is 7.62. The summed E-state index contributed by atoms with van der Waals surface area (Å²) in [6.07, 6.45) is 18.1. The third-order valence-electron chi connectivity index (χ3n) is 3.24. The fourth-order valence-corrected chi connectivity index (χ4v) is 2.10. The summed E-state index contributed by atoms with van der Waals surface area (Å²) in [5.74, 6) is 0. The molecule has 2 aromatic heterocycles. The smallest absolute Gasteiger partial charge is 0.0436 e. The van der Waals surface area contributed by atoms with E-state index in [-0.39, 0.29) is 0 Å². The number of unbranched alkanes of at least 4 members (excludes halogenated alkanes) is 7. The molecule has 0 bridgehead atoms. The Hall–Kier alpha value is -1.12. The molecule has 0 saturated heterocycles. The van der Waals surface area contributed by atoms with E-state index in [2.05, 4.69) is 23.8 Å². The van der Waals surface area contributed by atoms with Crippen molar-refractivity contribution >= 4 is 23.2 Å². The van der Waals surface area contributed by atoms with Gasteiger partial charge in [-0.1, -0.05) is 88.4 Å². The summed E-state index contributed by atoms with van der Waals surface area (Å²) in [6.45, 7) is 4.54. The Kier molecular flexibility index (Phi) is 17.4. The number of nitrogens with zero attached hydrogens (tertiary/aromatic N) is 2. The lowest BCUT2D eigenvalue weighted by Crippen LogP contribution is -1.77. The molecule has 0 saturated carbocycles. The highest BCUT2D eigenvalue weighted by molar-refractivity contribution is 6.30. The van der Waals surface area contributed by atoms with Crippen LogP contribution in [0.3, 0.4) is 0 Å². The van der Waals surface area contributed by atoms with Gasteiger partial charge in [0.15, 0.2) is 0 Å². The molecule has 24 heavy (non-hydrogen) atoms. The Morgan fingerprint density at radius 3 is 1.08 bits per heavy atom. The average Bonchev–Trinajstić information content (AvgIpc) is 2.61. The summed E-state index contributed by atoms with van der Waals surface area (Å²) in [7, 11) is 0. The first-order valence-electron chi connectivity index (χ1n) is 8.81. The van der Waals surface area contributed by atoms with E-state index in [0.29, 0.717) is 0 Å². The molecular weight excluding hydrogens is 339 g/mol. The van der Waals surface area contributed by atoms with E-state index in [9.17, 15) is 0 Å². The maximum Gasteiger partial charge on any atom is 0.0436 e. The van der Waals surface area contributed by atoms with Gasteiger partial charge < -0.3 is 0 Å². The lowest BCUT2D eigenvalue weighted by Gasteiger charge is -1.97. The minimum absolute atomic E-state index is 0.731. The lowest BCUT2D eigenvalue weighted by atomic mass is 10.1. The van der Waals surface area contributed by atoms with Crippen LogP contribution >= 0.6 is 23.2 Å². The summed E-state index contributed by atoms with van der Waals surface area (Å²) in [6, 6.07) is 6.95. The van der Waals surface area contributed by atoms with E-state index in [4.69, 9.17) is 23.2 Å². The molecule has 0 aliphatic rings. The Morgan fingerprint density at radius 2 is 0.875 bits per heavy atom. The fourth-order valence-electron chi connectivity index (χ4n) is 1.87. The highest BCUT2D eigenvalue weighted by atomic mass is 35.5. The van der Waals surface area contributed by atoms with Crippen LogP contribution in [0.25, 0.3) is 0 Å². The van der Waals surface area contributed by atoms with Gasteiger partial charge in [0.1, 0.15) is 0 Å². The molecular formula is C20H30Cl2N2. The number of aromatic nitrogens is 2. The molecule has 2 rings (SSSR count). The molecule has 0 amide bonds. The molecule has 2 aromatic rings. The second-order valence-corrected chi connectivity index (χ2v) is 6.33. The van der Waals surface area contributed by atoms with Crippen molar-refractivity contribution < 1.29 is 0 Å². The Balaban J connectivity index is 0.000000337. The zero-order chi connectivity index (χ0) is 17.9. The van der Waals surface area contributed by atoms with Crippen LogP contribution in [0.1, 0.15) is 65.2 Å². The van der Waals surface area contributed by atoms with Gasteiger partial charge in [0, 0.05) is 34.8 Å². The number of pyridine rings is 2. The third-order valence-corrected chi connectivity index (χ3v) is 3.74. The molecule has 134 valence electrons. The number of halogens is 2. The molecule has 0 fully saturated rings. The first kappa shape index (κ1) is 22.9. The zero-order valence-electron chi connectivity index (χ0n) is 14.9. The molecule has 0 unspecified atom stereocenters. The van der Waals surface area contributed by atoms with Gasteiger partial charge in [-0.25, -0.2) is 0 Å². The van der Waals surface area contributed by atoms with Crippen molar-refractivity contribution in [3.05, 3.63) is 59.1 Å². The average molecular weight is 369 g/mol. The van der Waals surface area contributed by atoms with Gasteiger partial charge in [0.2, 0.25) is 0 Å². The van der Waals surface area contributed by atoms with E-state index in [0.717, 1.165) is 10.0 Å². The van der Waals surface area contributed by atoms with Crippen molar-refractivity contribution in [2.75, 3.05) is 0 Å². The second-order valence-electron chi connectivity index (χ2n) is 5.45. The summed E-state index contributed by atoms with van der Waals surface area (Å²) >= 11 is 11.0. The molecule has 2 heterocycles. The van der Waals surface area contributed by atoms with Crippen LogP contribution in [-0.4, -0.2) is 9.97 Å². The first-order valence-corrected chi connectivity index (χ1v) is 9.57. The summed E-state index contributed by atoms with van der Waals surface area (Å²) in [5.41, 5.74) is 0. The molecule has 0 atom stereocenters. The van der Waals surface area contributed by atoms with Crippen molar-refractivity contribution in [2.24, 2.45) is 0 Å². The largest absolute Gasteiger partial charge is 0.265 e. The highest BCUT2D eigenvalue weighted by Gasteiger charge is 1.87. The van der Waals surface area contributed by atoms with Crippen LogP contribution in [0.2, 0.25) is 10.0 Å². The number of hydrogen-bond acceptors (Lipinski definition) is 2. The minimum Gasteiger partial charge on any atom is -0.265 e. The van der Waals surface area contributed by atoms with E-state index in [1.807, 2.05) is 0 Å². The molecule has 0 spiro atoms. The number of hydrogen-bond donors (Lipinski definition) is 0. The maximum absolute atomic E-state index is 5.50. The molecule has 0 aromatic carbocycles. The van der Waals surface area contributed by atoms with Crippen LogP contribution in [0.15, 0.2) is 49.1 Å². The zero-order valence-corrected chi connectivity index (χ0v) is 16.4. The van der Waals surface area contributed by atoms with Crippen molar-refractivity contribution in [3.8, 4) is 0 Å². The quantitative estimate of drug-likeness (QED) is 0.469. The summed E-state index contributed by atoms with van der Waals surface area (Å²) in [5, 5.41) is 1.46. The Labute approximate surface area is 157 Å². The number of rotatable bonds is 7. The second kappa shape index (κ2) is 18.2. The van der Waals surface area contributed by atoms with Gasteiger partial charge in [0.25, 0.3) is 0 Å². The molecule has 0 aliphatic heterocycles. The molecule has 4 heteroatoms. The molecule has 2 nitrogen and oxygen atoms in total. The maximum atomic E-state index is 5.50. The van der Waals surface area contributed by atoms with Gasteiger partial charge in [-0.2, -0.15) is 0 Å². The van der Waals surface area contributed by atoms with E-state index in [1.165, 1.54) is 51.4 Å². The predicted molar refractivity (Wildman–Crippen MR) is 107 cm³/mol. The normalized spacial score (nSPS) is 9.33. The van der Waals surface area contributed by atoms with Crippen LogP contribution in [0.5, 0.6) is 0 Å². The topological polar surface area (TPSA) is 25.8 Å². The van der Waals surface area contributed by atoms with Crippen LogP contribution in [0, 0.1) is 0 Å². The van der Waals surface area contributed by atoms with Gasteiger partial charge in [-0.3, -0.25) is 9.97 Å².